The molecule has 2 heterocycles. The molecule has 4 rings (SSSR count). The second-order valence-electron chi connectivity index (χ2n) is 6.77. The molecule has 124 valence electrons. The molecule has 1 spiro atoms. The van der Waals surface area contributed by atoms with Crippen molar-refractivity contribution in [2.45, 2.75) is 24.8 Å². The summed E-state index contributed by atoms with van der Waals surface area (Å²) in [6.07, 6.45) is 5.65. The zero-order valence-electron chi connectivity index (χ0n) is 13.6. The van der Waals surface area contributed by atoms with Crippen LogP contribution < -0.4 is 0 Å². The number of fused-ring (bicyclic) bond motifs is 1. The van der Waals surface area contributed by atoms with Crippen LogP contribution in [0.25, 0.3) is 10.9 Å². The van der Waals surface area contributed by atoms with Crippen LogP contribution in [-0.2, 0) is 16.0 Å². The lowest BCUT2D eigenvalue weighted by atomic mass is 10.1. The van der Waals surface area contributed by atoms with Crippen molar-refractivity contribution in [2.75, 3.05) is 19.6 Å². The summed E-state index contributed by atoms with van der Waals surface area (Å²) in [7, 11) is 0. The molecule has 1 N–H and O–H groups in total. The van der Waals surface area contributed by atoms with E-state index in [-0.39, 0.29) is 17.4 Å². The number of nitrogens with zero attached hydrogens (tertiary/aromatic N) is 2. The van der Waals surface area contributed by atoms with Crippen molar-refractivity contribution in [3.63, 3.8) is 0 Å². The van der Waals surface area contributed by atoms with Gasteiger partial charge in [0.25, 0.3) is 0 Å². The largest absolute Gasteiger partial charge is 0.361 e. The first-order valence-electron chi connectivity index (χ1n) is 8.40. The Labute approximate surface area is 140 Å². The van der Waals surface area contributed by atoms with E-state index in [1.54, 1.807) is 0 Å². The minimum absolute atomic E-state index is 0.0370. The third kappa shape index (κ3) is 2.40. The molecule has 1 aliphatic carbocycles. The second-order valence-corrected chi connectivity index (χ2v) is 6.77. The average molecular weight is 323 g/mol. The summed E-state index contributed by atoms with van der Waals surface area (Å²) in [6, 6.07) is 8.04. The van der Waals surface area contributed by atoms with Gasteiger partial charge in [-0.2, -0.15) is 0 Å². The number of para-hydroxylation sites is 1. The molecule has 5 nitrogen and oxygen atoms in total. The average Bonchev–Trinajstić information content (AvgIpc) is 3.24. The van der Waals surface area contributed by atoms with E-state index in [1.807, 2.05) is 40.3 Å². The number of nitrogens with one attached hydrogen (secondary N) is 1. The molecular formula is C19H21N3O2. The van der Waals surface area contributed by atoms with Crippen molar-refractivity contribution in [3.8, 4) is 0 Å². The van der Waals surface area contributed by atoms with Crippen LogP contribution in [-0.4, -0.2) is 51.8 Å². The molecule has 1 aliphatic heterocycles. The number of amides is 2. The predicted molar refractivity (Wildman–Crippen MR) is 92.5 cm³/mol. The second kappa shape index (κ2) is 5.51. The minimum atomic E-state index is -0.139. The van der Waals surface area contributed by atoms with E-state index in [0.717, 1.165) is 29.3 Å². The summed E-state index contributed by atoms with van der Waals surface area (Å²) in [4.78, 5) is 31.8. The van der Waals surface area contributed by atoms with Gasteiger partial charge >= 0.3 is 0 Å². The molecule has 2 aliphatic rings. The fourth-order valence-electron chi connectivity index (χ4n) is 3.79. The molecule has 5 heteroatoms. The quantitative estimate of drug-likeness (QED) is 0.880. The number of benzene rings is 1. The lowest BCUT2D eigenvalue weighted by Crippen LogP contribution is -2.58. The number of carbonyl (C=O) groups is 2. The summed E-state index contributed by atoms with van der Waals surface area (Å²) >= 11 is 0. The molecule has 2 fully saturated rings. The van der Waals surface area contributed by atoms with Gasteiger partial charge in [-0.05, 0) is 30.5 Å². The summed E-state index contributed by atoms with van der Waals surface area (Å²) in [6.45, 7) is 5.40. The monoisotopic (exact) mass is 323 g/mol. The van der Waals surface area contributed by atoms with E-state index in [4.69, 9.17) is 0 Å². The molecule has 0 bridgehead atoms. The van der Waals surface area contributed by atoms with Crippen LogP contribution in [0.15, 0.2) is 43.1 Å². The van der Waals surface area contributed by atoms with Gasteiger partial charge in [0.1, 0.15) is 0 Å². The van der Waals surface area contributed by atoms with Gasteiger partial charge in [-0.15, -0.1) is 0 Å². The van der Waals surface area contributed by atoms with Crippen LogP contribution in [0.1, 0.15) is 18.4 Å². The Morgan fingerprint density at radius 3 is 2.79 bits per heavy atom. The lowest BCUT2D eigenvalue weighted by Gasteiger charge is -2.42. The van der Waals surface area contributed by atoms with Gasteiger partial charge in [0, 0.05) is 36.7 Å². The molecule has 1 aromatic carbocycles. The molecule has 0 atom stereocenters. The number of aromatic amines is 1. The number of hydrogen-bond acceptors (Lipinski definition) is 2. The Balaban J connectivity index is 1.51. The first-order valence-corrected chi connectivity index (χ1v) is 8.40. The summed E-state index contributed by atoms with van der Waals surface area (Å²) < 4.78 is 0. The van der Waals surface area contributed by atoms with Gasteiger partial charge in [-0.3, -0.25) is 9.59 Å². The maximum atomic E-state index is 12.9. The van der Waals surface area contributed by atoms with E-state index < -0.39 is 0 Å². The van der Waals surface area contributed by atoms with Crippen molar-refractivity contribution in [3.05, 3.63) is 48.7 Å². The predicted octanol–water partition coefficient (Wildman–Crippen LogP) is 2.10. The Morgan fingerprint density at radius 2 is 2.04 bits per heavy atom. The maximum absolute atomic E-state index is 12.9. The topological polar surface area (TPSA) is 56.4 Å². The smallest absolute Gasteiger partial charge is 0.246 e. The van der Waals surface area contributed by atoms with Gasteiger partial charge in [-0.25, -0.2) is 0 Å². The molecule has 2 aromatic rings. The van der Waals surface area contributed by atoms with Crippen LogP contribution >= 0.6 is 0 Å². The number of carbonyl (C=O) groups excluding carboxylic acids is 2. The third-order valence-corrected chi connectivity index (χ3v) is 5.28. The highest BCUT2D eigenvalue weighted by Gasteiger charge is 2.53. The summed E-state index contributed by atoms with van der Waals surface area (Å²) in [5, 5.41) is 1.11. The standard InChI is InChI=1S/C19H21N3O2/c1-2-17(23)21-9-10-22(19(13-21)7-8-19)18(24)11-14-12-20-16-6-4-3-5-15(14)16/h2-6,12,20H,1,7-11,13H2. The number of rotatable bonds is 3. The van der Waals surface area contributed by atoms with Crippen molar-refractivity contribution in [1.29, 1.82) is 0 Å². The number of H-pyrrole nitrogens is 1. The fourth-order valence-corrected chi connectivity index (χ4v) is 3.79. The molecule has 0 unspecified atom stereocenters. The minimum Gasteiger partial charge on any atom is -0.361 e. The van der Waals surface area contributed by atoms with Crippen molar-refractivity contribution < 1.29 is 9.59 Å². The van der Waals surface area contributed by atoms with Crippen LogP contribution in [0.4, 0.5) is 0 Å². The number of piperazine rings is 1. The van der Waals surface area contributed by atoms with Gasteiger partial charge in [0.05, 0.1) is 12.0 Å². The van der Waals surface area contributed by atoms with Crippen molar-refractivity contribution >= 4 is 22.7 Å². The number of aromatic nitrogens is 1. The first-order chi connectivity index (χ1) is 11.6. The van der Waals surface area contributed by atoms with Gasteiger partial charge in [-0.1, -0.05) is 24.8 Å². The van der Waals surface area contributed by atoms with Gasteiger partial charge < -0.3 is 14.8 Å². The molecule has 1 saturated heterocycles. The Hall–Kier alpha value is -2.56. The normalized spacial score (nSPS) is 18.8. The van der Waals surface area contributed by atoms with Crippen molar-refractivity contribution in [2.24, 2.45) is 0 Å². The van der Waals surface area contributed by atoms with E-state index in [0.29, 0.717) is 26.1 Å². The number of hydrogen-bond donors (Lipinski definition) is 1. The fraction of sp³-hybridized carbons (Fsp3) is 0.368. The molecule has 2 amide bonds. The molecule has 1 saturated carbocycles. The molecular weight excluding hydrogens is 302 g/mol. The highest BCUT2D eigenvalue weighted by Crippen LogP contribution is 2.44. The summed E-state index contributed by atoms with van der Waals surface area (Å²) in [5.41, 5.74) is 1.96. The highest BCUT2D eigenvalue weighted by atomic mass is 16.2. The molecule has 24 heavy (non-hydrogen) atoms. The zero-order valence-corrected chi connectivity index (χ0v) is 13.6. The lowest BCUT2D eigenvalue weighted by molar-refractivity contribution is -0.141. The Kier molecular flexibility index (Phi) is 3.44. The zero-order chi connectivity index (χ0) is 16.7. The van der Waals surface area contributed by atoms with Crippen LogP contribution in [0.5, 0.6) is 0 Å². The SMILES string of the molecule is C=CC(=O)N1CCN(C(=O)Cc2c[nH]c3ccccc23)C2(CC2)C1. The first kappa shape index (κ1) is 15.0. The van der Waals surface area contributed by atoms with E-state index in [1.165, 1.54) is 6.08 Å². The van der Waals surface area contributed by atoms with Crippen LogP contribution in [0.2, 0.25) is 0 Å². The Bertz CT molecular complexity index is 819. The molecule has 0 radical (unpaired) electrons. The van der Waals surface area contributed by atoms with Gasteiger partial charge in [0.2, 0.25) is 11.8 Å². The van der Waals surface area contributed by atoms with Crippen LogP contribution in [0.3, 0.4) is 0 Å². The van der Waals surface area contributed by atoms with E-state index in [9.17, 15) is 9.59 Å². The van der Waals surface area contributed by atoms with Crippen molar-refractivity contribution in [1.82, 2.24) is 14.8 Å². The van der Waals surface area contributed by atoms with E-state index >= 15 is 0 Å². The summed E-state index contributed by atoms with van der Waals surface area (Å²) in [5.74, 6) is 0.118. The van der Waals surface area contributed by atoms with E-state index in [2.05, 4.69) is 11.6 Å². The third-order valence-electron chi connectivity index (χ3n) is 5.28. The highest BCUT2D eigenvalue weighted by molar-refractivity contribution is 5.90. The molecule has 1 aromatic heterocycles. The Morgan fingerprint density at radius 1 is 1.25 bits per heavy atom. The maximum Gasteiger partial charge on any atom is 0.246 e. The van der Waals surface area contributed by atoms with Crippen LogP contribution in [0, 0.1) is 0 Å². The van der Waals surface area contributed by atoms with Gasteiger partial charge in [0.15, 0.2) is 0 Å².